The van der Waals surface area contributed by atoms with Gasteiger partial charge in [-0.1, -0.05) is 44.4 Å². The minimum atomic E-state index is 0.237. The van der Waals surface area contributed by atoms with Crippen LogP contribution in [0.2, 0.25) is 0 Å². The van der Waals surface area contributed by atoms with Gasteiger partial charge in [-0.05, 0) is 56.3 Å². The summed E-state index contributed by atoms with van der Waals surface area (Å²) in [6.45, 7) is 8.00. The lowest BCUT2D eigenvalue weighted by Gasteiger charge is -2.36. The molecule has 1 nitrogen and oxygen atoms in total. The summed E-state index contributed by atoms with van der Waals surface area (Å²) in [5.74, 6) is 0. The van der Waals surface area contributed by atoms with E-state index in [4.69, 9.17) is 0 Å². The molecule has 0 radical (unpaired) electrons. The van der Waals surface area contributed by atoms with E-state index >= 15 is 0 Å². The molecule has 1 aromatic carbocycles. The highest BCUT2D eigenvalue weighted by atomic mass is 15.0. The van der Waals surface area contributed by atoms with Crippen LogP contribution in [-0.2, 0) is 5.54 Å². The van der Waals surface area contributed by atoms with Gasteiger partial charge in [-0.2, -0.15) is 0 Å². The van der Waals surface area contributed by atoms with Gasteiger partial charge in [-0.25, -0.2) is 0 Å². The number of aryl methyl sites for hydroxylation is 1. The smallest absolute Gasteiger partial charge is 0.0437 e. The molecular formula is C17H27N. The summed E-state index contributed by atoms with van der Waals surface area (Å²) < 4.78 is 0. The normalized spacial score (nSPS) is 24.8. The van der Waals surface area contributed by atoms with Gasteiger partial charge < -0.3 is 5.32 Å². The summed E-state index contributed by atoms with van der Waals surface area (Å²) in [6, 6.07) is 6.80. The Balaban J connectivity index is 2.41. The average molecular weight is 245 g/mol. The zero-order valence-corrected chi connectivity index (χ0v) is 12.2. The number of benzene rings is 1. The van der Waals surface area contributed by atoms with Gasteiger partial charge in [0.05, 0.1) is 0 Å². The minimum absolute atomic E-state index is 0.237. The summed E-state index contributed by atoms with van der Waals surface area (Å²) in [5, 5.41) is 3.88. The van der Waals surface area contributed by atoms with E-state index in [2.05, 4.69) is 44.3 Å². The fraction of sp³-hybridized carbons (Fsp3) is 0.647. The summed E-state index contributed by atoms with van der Waals surface area (Å²) in [4.78, 5) is 0. The lowest BCUT2D eigenvalue weighted by atomic mass is 9.79. The molecule has 0 amide bonds. The first kappa shape index (κ1) is 13.6. The molecule has 0 spiro atoms. The largest absolute Gasteiger partial charge is 0.307 e. The highest BCUT2D eigenvalue weighted by molar-refractivity contribution is 5.38. The summed E-state index contributed by atoms with van der Waals surface area (Å²) >= 11 is 0. The fourth-order valence-electron chi connectivity index (χ4n) is 3.42. The molecule has 1 fully saturated rings. The van der Waals surface area contributed by atoms with Gasteiger partial charge in [-0.3, -0.25) is 0 Å². The number of hydrogen-bond acceptors (Lipinski definition) is 1. The Morgan fingerprint density at radius 2 is 2.00 bits per heavy atom. The van der Waals surface area contributed by atoms with Crippen LogP contribution in [0.3, 0.4) is 0 Å². The summed E-state index contributed by atoms with van der Waals surface area (Å²) in [6.07, 6.45) is 7.88. The van der Waals surface area contributed by atoms with E-state index in [-0.39, 0.29) is 5.54 Å². The first-order valence-electron chi connectivity index (χ1n) is 7.51. The second kappa shape index (κ2) is 5.88. The highest BCUT2D eigenvalue weighted by Crippen LogP contribution is 2.36. The Morgan fingerprint density at radius 1 is 1.17 bits per heavy atom. The fourth-order valence-corrected chi connectivity index (χ4v) is 3.42. The molecule has 1 unspecified atom stereocenters. The van der Waals surface area contributed by atoms with Gasteiger partial charge in [0.25, 0.3) is 0 Å². The SMILES string of the molecule is CCCC1(c2cccc(C)c2C)CCCCCN1. The molecule has 0 aromatic heterocycles. The second-order valence-electron chi connectivity index (χ2n) is 5.82. The van der Waals surface area contributed by atoms with Crippen LogP contribution in [0.5, 0.6) is 0 Å². The first-order valence-corrected chi connectivity index (χ1v) is 7.51. The molecule has 1 atom stereocenters. The van der Waals surface area contributed by atoms with Crippen molar-refractivity contribution in [3.05, 3.63) is 34.9 Å². The molecule has 1 heterocycles. The Hall–Kier alpha value is -0.820. The van der Waals surface area contributed by atoms with Crippen molar-refractivity contribution in [1.82, 2.24) is 5.32 Å². The van der Waals surface area contributed by atoms with Crippen LogP contribution in [0.1, 0.15) is 62.1 Å². The van der Waals surface area contributed by atoms with Crippen molar-refractivity contribution >= 4 is 0 Å². The van der Waals surface area contributed by atoms with Crippen molar-refractivity contribution in [2.24, 2.45) is 0 Å². The molecule has 1 aromatic rings. The van der Waals surface area contributed by atoms with Gasteiger partial charge >= 0.3 is 0 Å². The summed E-state index contributed by atoms with van der Waals surface area (Å²) in [7, 11) is 0. The molecule has 0 aliphatic carbocycles. The highest BCUT2D eigenvalue weighted by Gasteiger charge is 2.32. The molecule has 1 aliphatic heterocycles. The van der Waals surface area contributed by atoms with Crippen LogP contribution >= 0.6 is 0 Å². The van der Waals surface area contributed by atoms with Crippen LogP contribution in [-0.4, -0.2) is 6.54 Å². The molecule has 1 saturated heterocycles. The van der Waals surface area contributed by atoms with E-state index in [9.17, 15) is 0 Å². The van der Waals surface area contributed by atoms with Crippen LogP contribution in [0.15, 0.2) is 18.2 Å². The van der Waals surface area contributed by atoms with Gasteiger partial charge in [0.15, 0.2) is 0 Å². The Labute approximate surface area is 112 Å². The Morgan fingerprint density at radius 3 is 2.78 bits per heavy atom. The van der Waals surface area contributed by atoms with E-state index in [1.54, 1.807) is 5.56 Å². The van der Waals surface area contributed by atoms with Gasteiger partial charge in [0.2, 0.25) is 0 Å². The lowest BCUT2D eigenvalue weighted by molar-refractivity contribution is 0.296. The van der Waals surface area contributed by atoms with Crippen LogP contribution in [0.4, 0.5) is 0 Å². The molecular weight excluding hydrogens is 218 g/mol. The standard InChI is InChI=1S/C17H27N/c1-4-11-17(12-6-5-7-13-18-17)16-10-8-9-14(2)15(16)3/h8-10,18H,4-7,11-13H2,1-3H3. The lowest BCUT2D eigenvalue weighted by Crippen LogP contribution is -2.42. The van der Waals surface area contributed by atoms with Crippen molar-refractivity contribution in [1.29, 1.82) is 0 Å². The second-order valence-corrected chi connectivity index (χ2v) is 5.82. The quantitative estimate of drug-likeness (QED) is 0.829. The molecule has 1 aliphatic rings. The van der Waals surface area contributed by atoms with E-state index in [1.165, 1.54) is 56.2 Å². The van der Waals surface area contributed by atoms with Crippen molar-refractivity contribution in [2.75, 3.05) is 6.54 Å². The molecule has 2 rings (SSSR count). The van der Waals surface area contributed by atoms with E-state index in [0.717, 1.165) is 0 Å². The Bertz CT molecular complexity index is 387. The third-order valence-electron chi connectivity index (χ3n) is 4.54. The predicted octanol–water partition coefficient (Wildman–Crippen LogP) is 4.46. The molecule has 0 saturated carbocycles. The van der Waals surface area contributed by atoms with E-state index in [1.807, 2.05) is 0 Å². The van der Waals surface area contributed by atoms with Gasteiger partial charge in [0, 0.05) is 5.54 Å². The van der Waals surface area contributed by atoms with Crippen LogP contribution < -0.4 is 5.32 Å². The van der Waals surface area contributed by atoms with Crippen molar-refractivity contribution in [3.8, 4) is 0 Å². The number of rotatable bonds is 3. The average Bonchev–Trinajstić information content (AvgIpc) is 2.59. The zero-order chi connectivity index (χ0) is 13.0. The molecule has 1 heteroatoms. The maximum Gasteiger partial charge on any atom is 0.0437 e. The molecule has 1 N–H and O–H groups in total. The minimum Gasteiger partial charge on any atom is -0.307 e. The van der Waals surface area contributed by atoms with Crippen LogP contribution in [0.25, 0.3) is 0 Å². The van der Waals surface area contributed by atoms with Crippen molar-refractivity contribution < 1.29 is 0 Å². The van der Waals surface area contributed by atoms with E-state index in [0.29, 0.717) is 0 Å². The predicted molar refractivity (Wildman–Crippen MR) is 79.0 cm³/mol. The Kier molecular flexibility index (Phi) is 4.45. The van der Waals surface area contributed by atoms with Gasteiger partial charge in [0.1, 0.15) is 0 Å². The topological polar surface area (TPSA) is 12.0 Å². The molecule has 100 valence electrons. The maximum absolute atomic E-state index is 3.88. The third kappa shape index (κ3) is 2.61. The third-order valence-corrected chi connectivity index (χ3v) is 4.54. The summed E-state index contributed by atoms with van der Waals surface area (Å²) in [5.41, 5.74) is 4.70. The number of nitrogens with one attached hydrogen (secondary N) is 1. The van der Waals surface area contributed by atoms with Crippen molar-refractivity contribution in [2.45, 2.75) is 64.8 Å². The molecule has 0 bridgehead atoms. The van der Waals surface area contributed by atoms with E-state index < -0.39 is 0 Å². The monoisotopic (exact) mass is 245 g/mol. The molecule has 18 heavy (non-hydrogen) atoms. The maximum atomic E-state index is 3.88. The first-order chi connectivity index (χ1) is 8.69. The van der Waals surface area contributed by atoms with Crippen LogP contribution in [0, 0.1) is 13.8 Å². The van der Waals surface area contributed by atoms with Crippen molar-refractivity contribution in [3.63, 3.8) is 0 Å². The zero-order valence-electron chi connectivity index (χ0n) is 12.2. The number of hydrogen-bond donors (Lipinski definition) is 1. The van der Waals surface area contributed by atoms with Gasteiger partial charge in [-0.15, -0.1) is 0 Å².